The fourth-order valence-electron chi connectivity index (χ4n) is 2.53. The molecule has 0 radical (unpaired) electrons. The van der Waals surface area contributed by atoms with Crippen LogP contribution >= 0.6 is 0 Å². The summed E-state index contributed by atoms with van der Waals surface area (Å²) in [5.41, 5.74) is 0.917. The van der Waals surface area contributed by atoms with Crippen molar-refractivity contribution in [1.82, 2.24) is 9.88 Å². The molecule has 1 aliphatic heterocycles. The van der Waals surface area contributed by atoms with E-state index in [1.165, 1.54) is 12.1 Å². The predicted octanol–water partition coefficient (Wildman–Crippen LogP) is 1.71. The normalized spacial score (nSPS) is 18.2. The van der Waals surface area contributed by atoms with Crippen molar-refractivity contribution in [1.29, 1.82) is 0 Å². The Bertz CT molecular complexity index is 518. The predicted molar refractivity (Wildman–Crippen MR) is 77.0 cm³/mol. The first-order valence-electron chi connectivity index (χ1n) is 7.14. The summed E-state index contributed by atoms with van der Waals surface area (Å²) in [6.45, 7) is 3.31. The molecule has 2 heterocycles. The van der Waals surface area contributed by atoms with Crippen molar-refractivity contribution in [2.24, 2.45) is 0 Å². The standard InChI is InChI=1S/C15H22N2O3/c1-11-9-12(18)10-14(16-11)15(19)17(2)7-3-5-13-6-4-8-20-13/h9-10,13H,3-8H2,1-2H3,(H,16,18)/t13-/m1/s1. The van der Waals surface area contributed by atoms with E-state index in [0.29, 0.717) is 24.0 Å². The van der Waals surface area contributed by atoms with Crippen molar-refractivity contribution >= 4 is 5.91 Å². The number of rotatable bonds is 5. The minimum absolute atomic E-state index is 0.141. The fraction of sp³-hybridized carbons (Fsp3) is 0.600. The Morgan fingerprint density at radius 3 is 2.95 bits per heavy atom. The van der Waals surface area contributed by atoms with Gasteiger partial charge in [-0.05, 0) is 32.6 Å². The molecule has 1 aromatic heterocycles. The van der Waals surface area contributed by atoms with E-state index in [1.807, 2.05) is 0 Å². The molecule has 1 aromatic rings. The van der Waals surface area contributed by atoms with Gasteiger partial charge in [0.15, 0.2) is 5.43 Å². The summed E-state index contributed by atoms with van der Waals surface area (Å²) in [6, 6.07) is 2.83. The SMILES string of the molecule is Cc1cc(=O)cc(C(=O)N(C)CCC[C@@H]2CCCO2)[nH]1. The molecule has 0 spiro atoms. The molecule has 0 aromatic carbocycles. The monoisotopic (exact) mass is 278 g/mol. The molecular formula is C15H22N2O3. The number of aromatic amines is 1. The molecule has 5 heteroatoms. The molecule has 2 rings (SSSR count). The number of hydrogen-bond acceptors (Lipinski definition) is 3. The Labute approximate surface area is 118 Å². The Balaban J connectivity index is 1.86. The molecule has 0 bridgehead atoms. The average Bonchev–Trinajstić information content (AvgIpc) is 2.89. The number of amides is 1. The number of carbonyl (C=O) groups excluding carboxylic acids is 1. The van der Waals surface area contributed by atoms with Gasteiger partial charge in [0.05, 0.1) is 6.10 Å². The van der Waals surface area contributed by atoms with Gasteiger partial charge in [-0.15, -0.1) is 0 Å². The maximum atomic E-state index is 12.2. The van der Waals surface area contributed by atoms with E-state index in [1.54, 1.807) is 18.9 Å². The molecule has 0 unspecified atom stereocenters. The van der Waals surface area contributed by atoms with E-state index in [4.69, 9.17) is 4.74 Å². The maximum Gasteiger partial charge on any atom is 0.270 e. The third kappa shape index (κ3) is 3.93. The average molecular weight is 278 g/mol. The minimum atomic E-state index is -0.141. The molecule has 1 atom stereocenters. The Hall–Kier alpha value is -1.62. The minimum Gasteiger partial charge on any atom is -0.378 e. The highest BCUT2D eigenvalue weighted by Gasteiger charge is 2.17. The Morgan fingerprint density at radius 1 is 1.50 bits per heavy atom. The van der Waals surface area contributed by atoms with Crippen LogP contribution in [-0.4, -0.2) is 42.1 Å². The lowest BCUT2D eigenvalue weighted by Crippen LogP contribution is -2.30. The zero-order valence-corrected chi connectivity index (χ0v) is 12.1. The largest absolute Gasteiger partial charge is 0.378 e. The highest BCUT2D eigenvalue weighted by molar-refractivity contribution is 5.92. The number of ether oxygens (including phenoxy) is 1. The molecule has 1 saturated heterocycles. The van der Waals surface area contributed by atoms with Crippen LogP contribution in [0.1, 0.15) is 41.9 Å². The van der Waals surface area contributed by atoms with Crippen LogP contribution in [0.4, 0.5) is 0 Å². The Morgan fingerprint density at radius 2 is 2.30 bits per heavy atom. The molecule has 110 valence electrons. The summed E-state index contributed by atoms with van der Waals surface area (Å²) in [5, 5.41) is 0. The third-order valence-corrected chi connectivity index (χ3v) is 3.60. The van der Waals surface area contributed by atoms with Gasteiger partial charge in [-0.25, -0.2) is 0 Å². The van der Waals surface area contributed by atoms with Crippen LogP contribution in [0.3, 0.4) is 0 Å². The quantitative estimate of drug-likeness (QED) is 0.892. The Kier molecular flexibility index (Phi) is 4.95. The second kappa shape index (κ2) is 6.70. The van der Waals surface area contributed by atoms with Gasteiger partial charge in [0.1, 0.15) is 5.69 Å². The first-order valence-corrected chi connectivity index (χ1v) is 7.14. The van der Waals surface area contributed by atoms with Gasteiger partial charge in [-0.1, -0.05) is 0 Å². The van der Waals surface area contributed by atoms with Gasteiger partial charge >= 0.3 is 0 Å². The molecule has 20 heavy (non-hydrogen) atoms. The van der Waals surface area contributed by atoms with Crippen molar-refractivity contribution in [3.05, 3.63) is 33.7 Å². The van der Waals surface area contributed by atoms with Crippen LogP contribution in [0.15, 0.2) is 16.9 Å². The zero-order valence-electron chi connectivity index (χ0n) is 12.1. The molecule has 0 saturated carbocycles. The van der Waals surface area contributed by atoms with E-state index in [2.05, 4.69) is 4.98 Å². The van der Waals surface area contributed by atoms with E-state index in [0.717, 1.165) is 32.3 Å². The van der Waals surface area contributed by atoms with Crippen molar-refractivity contribution in [2.45, 2.75) is 38.7 Å². The van der Waals surface area contributed by atoms with Crippen LogP contribution in [0.5, 0.6) is 0 Å². The first-order chi connectivity index (χ1) is 9.56. The number of hydrogen-bond donors (Lipinski definition) is 1. The highest BCUT2D eigenvalue weighted by Crippen LogP contribution is 2.16. The van der Waals surface area contributed by atoms with E-state index >= 15 is 0 Å². The number of aromatic nitrogens is 1. The lowest BCUT2D eigenvalue weighted by atomic mass is 10.1. The van der Waals surface area contributed by atoms with Crippen molar-refractivity contribution in [2.75, 3.05) is 20.2 Å². The van der Waals surface area contributed by atoms with Crippen LogP contribution in [-0.2, 0) is 4.74 Å². The molecule has 0 aliphatic carbocycles. The second-order valence-corrected chi connectivity index (χ2v) is 5.42. The summed E-state index contributed by atoms with van der Waals surface area (Å²) >= 11 is 0. The van der Waals surface area contributed by atoms with Gasteiger partial charge < -0.3 is 14.6 Å². The molecule has 1 N–H and O–H groups in total. The fourth-order valence-corrected chi connectivity index (χ4v) is 2.53. The summed E-state index contributed by atoms with van der Waals surface area (Å²) in [4.78, 5) is 28.2. The number of pyridine rings is 1. The summed E-state index contributed by atoms with van der Waals surface area (Å²) in [7, 11) is 1.76. The maximum absolute atomic E-state index is 12.2. The van der Waals surface area contributed by atoms with Crippen LogP contribution in [0.2, 0.25) is 0 Å². The zero-order chi connectivity index (χ0) is 14.5. The first kappa shape index (κ1) is 14.8. The van der Waals surface area contributed by atoms with Gasteiger partial charge in [0.25, 0.3) is 5.91 Å². The van der Waals surface area contributed by atoms with Gasteiger partial charge in [-0.3, -0.25) is 9.59 Å². The van der Waals surface area contributed by atoms with Crippen molar-refractivity contribution < 1.29 is 9.53 Å². The molecule has 1 aliphatic rings. The molecule has 1 fully saturated rings. The number of nitrogens with zero attached hydrogens (tertiary/aromatic N) is 1. The van der Waals surface area contributed by atoms with Gasteiger partial charge in [-0.2, -0.15) is 0 Å². The highest BCUT2D eigenvalue weighted by atomic mass is 16.5. The van der Waals surface area contributed by atoms with E-state index in [9.17, 15) is 9.59 Å². The lowest BCUT2D eigenvalue weighted by Gasteiger charge is -2.18. The van der Waals surface area contributed by atoms with Crippen LogP contribution in [0, 0.1) is 6.92 Å². The summed E-state index contributed by atoms with van der Waals surface area (Å²) in [5.74, 6) is -0.141. The molecule has 5 nitrogen and oxygen atoms in total. The summed E-state index contributed by atoms with van der Waals surface area (Å²) < 4.78 is 5.56. The second-order valence-electron chi connectivity index (χ2n) is 5.42. The number of aryl methyl sites for hydroxylation is 1. The number of carbonyl (C=O) groups is 1. The van der Waals surface area contributed by atoms with Crippen LogP contribution < -0.4 is 5.43 Å². The smallest absolute Gasteiger partial charge is 0.270 e. The van der Waals surface area contributed by atoms with Gasteiger partial charge in [0.2, 0.25) is 0 Å². The van der Waals surface area contributed by atoms with E-state index < -0.39 is 0 Å². The van der Waals surface area contributed by atoms with Crippen molar-refractivity contribution in [3.8, 4) is 0 Å². The lowest BCUT2D eigenvalue weighted by molar-refractivity contribution is 0.0757. The number of H-pyrrole nitrogens is 1. The molecular weight excluding hydrogens is 256 g/mol. The van der Waals surface area contributed by atoms with E-state index in [-0.39, 0.29) is 11.3 Å². The van der Waals surface area contributed by atoms with Crippen molar-refractivity contribution in [3.63, 3.8) is 0 Å². The topological polar surface area (TPSA) is 62.4 Å². The number of nitrogens with one attached hydrogen (secondary N) is 1. The summed E-state index contributed by atoms with van der Waals surface area (Å²) in [6.07, 6.45) is 4.54. The van der Waals surface area contributed by atoms with Gasteiger partial charge in [0, 0.05) is 38.0 Å². The molecule has 1 amide bonds. The third-order valence-electron chi connectivity index (χ3n) is 3.60. The van der Waals surface area contributed by atoms with Crippen LogP contribution in [0.25, 0.3) is 0 Å².